The van der Waals surface area contributed by atoms with Gasteiger partial charge in [-0.05, 0) is 36.3 Å². The van der Waals surface area contributed by atoms with Gasteiger partial charge in [-0.15, -0.1) is 0 Å². The normalized spacial score (nSPS) is 23.9. The van der Waals surface area contributed by atoms with Gasteiger partial charge in [0.05, 0.1) is 0 Å². The van der Waals surface area contributed by atoms with Crippen LogP contribution in [0.1, 0.15) is 42.7 Å². The third-order valence-electron chi connectivity index (χ3n) is 5.94. The summed E-state index contributed by atoms with van der Waals surface area (Å²) in [6.45, 7) is 2.66. The number of nitrogens with one attached hydrogen (secondary N) is 2. The second-order valence-corrected chi connectivity index (χ2v) is 7.79. The van der Waals surface area contributed by atoms with Crippen molar-refractivity contribution in [3.8, 4) is 0 Å². The molecule has 132 valence electrons. The van der Waals surface area contributed by atoms with Crippen LogP contribution in [0.25, 0.3) is 0 Å². The number of halogens is 1. The minimum absolute atomic E-state index is 0.112. The molecule has 2 N–H and O–H groups in total. The van der Waals surface area contributed by atoms with Gasteiger partial charge in [0.2, 0.25) is 0 Å². The predicted octanol–water partition coefficient (Wildman–Crippen LogP) is 4.23. The third-order valence-corrected chi connectivity index (χ3v) is 5.94. The van der Waals surface area contributed by atoms with E-state index in [1.54, 1.807) is 6.07 Å². The van der Waals surface area contributed by atoms with Crippen LogP contribution in [0.5, 0.6) is 0 Å². The summed E-state index contributed by atoms with van der Waals surface area (Å²) < 4.78 is 13.7. The number of benzene rings is 2. The number of hydrogen-bond acceptors (Lipinski definition) is 2. The minimum Gasteiger partial charge on any atom is -0.313 e. The Labute approximate surface area is 149 Å². The van der Waals surface area contributed by atoms with Crippen LogP contribution in [-0.2, 0) is 6.54 Å². The number of rotatable bonds is 8. The van der Waals surface area contributed by atoms with Crippen molar-refractivity contribution < 1.29 is 4.39 Å². The van der Waals surface area contributed by atoms with Crippen molar-refractivity contribution in [2.45, 2.75) is 44.2 Å². The molecule has 0 bridgehead atoms. The lowest BCUT2D eigenvalue weighted by Gasteiger charge is -2.42. The molecule has 2 aromatic carbocycles. The molecule has 2 atom stereocenters. The molecule has 0 radical (unpaired) electrons. The van der Waals surface area contributed by atoms with Crippen LogP contribution in [0.4, 0.5) is 4.39 Å². The monoisotopic (exact) mass is 338 g/mol. The number of hydrogen-bond donors (Lipinski definition) is 2. The van der Waals surface area contributed by atoms with Crippen molar-refractivity contribution >= 4 is 0 Å². The molecule has 2 aliphatic carbocycles. The molecule has 0 heterocycles. The first-order chi connectivity index (χ1) is 12.3. The van der Waals surface area contributed by atoms with Crippen LogP contribution >= 0.6 is 0 Å². The molecule has 2 nitrogen and oxygen atoms in total. The molecule has 0 aliphatic heterocycles. The maximum absolute atomic E-state index is 13.7. The van der Waals surface area contributed by atoms with E-state index in [9.17, 15) is 4.39 Å². The molecule has 0 amide bonds. The topological polar surface area (TPSA) is 24.1 Å². The Bertz CT molecular complexity index is 696. The van der Waals surface area contributed by atoms with E-state index in [1.807, 2.05) is 12.1 Å². The molecule has 0 aromatic heterocycles. The summed E-state index contributed by atoms with van der Waals surface area (Å²) in [5.41, 5.74) is 2.58. The van der Waals surface area contributed by atoms with E-state index in [0.29, 0.717) is 23.9 Å². The largest absolute Gasteiger partial charge is 0.313 e. The Morgan fingerprint density at radius 1 is 0.960 bits per heavy atom. The van der Waals surface area contributed by atoms with Gasteiger partial charge in [-0.3, -0.25) is 0 Å². The van der Waals surface area contributed by atoms with Crippen LogP contribution in [0.3, 0.4) is 0 Å². The predicted molar refractivity (Wildman–Crippen MR) is 100.0 cm³/mol. The highest BCUT2D eigenvalue weighted by molar-refractivity contribution is 5.27. The molecule has 25 heavy (non-hydrogen) atoms. The third kappa shape index (κ3) is 3.94. The molecule has 0 saturated heterocycles. The van der Waals surface area contributed by atoms with Crippen LogP contribution in [0.15, 0.2) is 54.6 Å². The highest BCUT2D eigenvalue weighted by atomic mass is 19.1. The van der Waals surface area contributed by atoms with Crippen LogP contribution in [0, 0.1) is 11.2 Å². The van der Waals surface area contributed by atoms with Crippen LogP contribution in [-0.4, -0.2) is 19.1 Å². The summed E-state index contributed by atoms with van der Waals surface area (Å²) >= 11 is 0. The van der Waals surface area contributed by atoms with E-state index in [1.165, 1.54) is 37.3 Å². The fourth-order valence-corrected chi connectivity index (χ4v) is 4.03. The van der Waals surface area contributed by atoms with Gasteiger partial charge in [0.1, 0.15) is 5.82 Å². The van der Waals surface area contributed by atoms with Gasteiger partial charge in [-0.25, -0.2) is 4.39 Å². The molecule has 2 aromatic rings. The second-order valence-electron chi connectivity index (χ2n) is 7.79. The van der Waals surface area contributed by atoms with E-state index >= 15 is 0 Å². The Morgan fingerprint density at radius 3 is 2.44 bits per heavy atom. The minimum atomic E-state index is -0.112. The summed E-state index contributed by atoms with van der Waals surface area (Å²) in [5.74, 6) is 0.573. The lowest BCUT2D eigenvalue weighted by Crippen LogP contribution is -2.47. The van der Waals surface area contributed by atoms with Gasteiger partial charge in [-0.1, -0.05) is 55.0 Å². The second kappa shape index (κ2) is 7.27. The van der Waals surface area contributed by atoms with Gasteiger partial charge in [0.15, 0.2) is 0 Å². The lowest BCUT2D eigenvalue weighted by atomic mass is 9.68. The van der Waals surface area contributed by atoms with Gasteiger partial charge < -0.3 is 10.6 Å². The van der Waals surface area contributed by atoms with Crippen molar-refractivity contribution in [3.63, 3.8) is 0 Å². The fourth-order valence-electron chi connectivity index (χ4n) is 4.03. The molecule has 2 saturated carbocycles. The fraction of sp³-hybridized carbons (Fsp3) is 0.455. The summed E-state index contributed by atoms with van der Waals surface area (Å²) in [6.07, 6.45) is 5.11. The van der Waals surface area contributed by atoms with Gasteiger partial charge in [0.25, 0.3) is 0 Å². The quantitative estimate of drug-likeness (QED) is 0.753. The van der Waals surface area contributed by atoms with Crippen molar-refractivity contribution in [1.82, 2.24) is 10.6 Å². The average Bonchev–Trinajstić information content (AvgIpc) is 3.38. The highest BCUT2D eigenvalue weighted by Crippen LogP contribution is 2.44. The van der Waals surface area contributed by atoms with Gasteiger partial charge in [0, 0.05) is 37.2 Å². The van der Waals surface area contributed by atoms with E-state index < -0.39 is 0 Å². The van der Waals surface area contributed by atoms with E-state index in [-0.39, 0.29) is 5.82 Å². The highest BCUT2D eigenvalue weighted by Gasteiger charge is 2.42. The van der Waals surface area contributed by atoms with Gasteiger partial charge >= 0.3 is 0 Å². The zero-order chi connectivity index (χ0) is 17.1. The van der Waals surface area contributed by atoms with E-state index in [0.717, 1.165) is 18.7 Å². The summed E-state index contributed by atoms with van der Waals surface area (Å²) in [6, 6.07) is 18.5. The summed E-state index contributed by atoms with van der Waals surface area (Å²) in [5, 5.41) is 7.29. The molecule has 3 heteroatoms. The zero-order valence-corrected chi connectivity index (χ0v) is 14.7. The SMILES string of the molecule is Fc1ccccc1CNCC1(CN[C@H]2C[C@@H]2c2ccccc2)CCC1. The molecule has 4 rings (SSSR count). The molecule has 2 aliphatic rings. The zero-order valence-electron chi connectivity index (χ0n) is 14.7. The molecule has 0 unspecified atom stereocenters. The Kier molecular flexibility index (Phi) is 4.87. The first kappa shape index (κ1) is 16.7. The molecule has 2 fully saturated rings. The van der Waals surface area contributed by atoms with E-state index in [4.69, 9.17) is 0 Å². The van der Waals surface area contributed by atoms with Crippen LogP contribution < -0.4 is 10.6 Å². The average molecular weight is 338 g/mol. The first-order valence-electron chi connectivity index (χ1n) is 9.48. The Morgan fingerprint density at radius 2 is 1.72 bits per heavy atom. The van der Waals surface area contributed by atoms with Crippen molar-refractivity contribution in [3.05, 3.63) is 71.5 Å². The lowest BCUT2D eigenvalue weighted by molar-refractivity contribution is 0.126. The molecule has 0 spiro atoms. The van der Waals surface area contributed by atoms with Crippen molar-refractivity contribution in [1.29, 1.82) is 0 Å². The summed E-state index contributed by atoms with van der Waals surface area (Å²) in [4.78, 5) is 0. The summed E-state index contributed by atoms with van der Waals surface area (Å²) in [7, 11) is 0. The maximum atomic E-state index is 13.7. The smallest absolute Gasteiger partial charge is 0.127 e. The van der Waals surface area contributed by atoms with Crippen molar-refractivity contribution in [2.24, 2.45) is 5.41 Å². The molecular formula is C22H27FN2. The Hall–Kier alpha value is -1.71. The standard InChI is InChI=1S/C22H27FN2/c23-20-10-5-4-9-18(20)14-24-15-22(11-6-12-22)16-25-21-13-19(21)17-7-2-1-3-8-17/h1-5,7-10,19,21,24-25H,6,11-16H2/t19-,21+/m1/s1. The van der Waals surface area contributed by atoms with Crippen molar-refractivity contribution in [2.75, 3.05) is 13.1 Å². The van der Waals surface area contributed by atoms with Gasteiger partial charge in [-0.2, -0.15) is 0 Å². The van der Waals surface area contributed by atoms with E-state index in [2.05, 4.69) is 41.0 Å². The molecular weight excluding hydrogens is 311 g/mol. The maximum Gasteiger partial charge on any atom is 0.127 e. The Balaban J connectivity index is 1.24. The first-order valence-corrected chi connectivity index (χ1v) is 9.48. The van der Waals surface area contributed by atoms with Crippen LogP contribution in [0.2, 0.25) is 0 Å².